The van der Waals surface area contributed by atoms with Gasteiger partial charge < -0.3 is 15.5 Å². The Morgan fingerprint density at radius 3 is 2.00 bits per heavy atom. The number of anilines is 2. The number of rotatable bonds is 10. The van der Waals surface area contributed by atoms with Crippen molar-refractivity contribution >= 4 is 23.2 Å². The molecule has 5 heteroatoms. The number of nitrogens with one attached hydrogen (secondary N) is 2. The van der Waals surface area contributed by atoms with Crippen molar-refractivity contribution < 1.29 is 9.59 Å². The highest BCUT2D eigenvalue weighted by Crippen LogP contribution is 2.14. The highest BCUT2D eigenvalue weighted by atomic mass is 16.2. The summed E-state index contributed by atoms with van der Waals surface area (Å²) in [6, 6.07) is 7.43. The summed E-state index contributed by atoms with van der Waals surface area (Å²) in [4.78, 5) is 25.6. The largest absolute Gasteiger partial charge is 0.376 e. The number of nitrogens with zero attached hydrogens (tertiary/aromatic N) is 1. The van der Waals surface area contributed by atoms with E-state index in [1.54, 1.807) is 0 Å². The minimum atomic E-state index is 0.0261. The predicted octanol–water partition coefficient (Wildman–Crippen LogP) is 3.49. The summed E-state index contributed by atoms with van der Waals surface area (Å²) in [7, 11) is 0. The van der Waals surface area contributed by atoms with E-state index in [-0.39, 0.29) is 11.8 Å². The molecule has 0 aliphatic rings. The molecule has 23 heavy (non-hydrogen) atoms. The van der Waals surface area contributed by atoms with Gasteiger partial charge in [-0.2, -0.15) is 0 Å². The molecule has 2 N–H and O–H groups in total. The molecule has 0 aliphatic heterocycles. The summed E-state index contributed by atoms with van der Waals surface area (Å²) < 4.78 is 0. The number of hydrogen-bond donors (Lipinski definition) is 2. The van der Waals surface area contributed by atoms with E-state index >= 15 is 0 Å². The average molecular weight is 319 g/mol. The highest BCUT2D eigenvalue weighted by molar-refractivity contribution is 5.90. The van der Waals surface area contributed by atoms with Crippen molar-refractivity contribution in [3.63, 3.8) is 0 Å². The maximum absolute atomic E-state index is 12.2. The molecule has 1 aromatic rings. The van der Waals surface area contributed by atoms with E-state index in [2.05, 4.69) is 24.5 Å². The normalized spacial score (nSPS) is 10.2. The van der Waals surface area contributed by atoms with Crippen LogP contribution >= 0.6 is 0 Å². The molecular weight excluding hydrogens is 290 g/mol. The smallest absolute Gasteiger partial charge is 0.241 e. The Kier molecular flexibility index (Phi) is 8.80. The van der Waals surface area contributed by atoms with Gasteiger partial charge in [-0.15, -0.1) is 0 Å². The Morgan fingerprint density at radius 2 is 1.48 bits per heavy atom. The SMILES string of the molecule is CCCC(=O)Nc1ccc(NCC(=O)N(CCC)CCC)cc1. The average Bonchev–Trinajstić information content (AvgIpc) is 2.54. The van der Waals surface area contributed by atoms with Crippen LogP contribution in [0.2, 0.25) is 0 Å². The minimum absolute atomic E-state index is 0.0261. The maximum Gasteiger partial charge on any atom is 0.241 e. The fourth-order valence-electron chi connectivity index (χ4n) is 2.31. The molecule has 1 rings (SSSR count). The zero-order valence-electron chi connectivity index (χ0n) is 14.5. The lowest BCUT2D eigenvalue weighted by Crippen LogP contribution is -2.36. The second kappa shape index (κ2) is 10.6. The molecule has 2 amide bonds. The summed E-state index contributed by atoms with van der Waals surface area (Å²) in [6.07, 6.45) is 3.30. The number of carbonyl (C=O) groups excluding carboxylic acids is 2. The van der Waals surface area contributed by atoms with Gasteiger partial charge in [0, 0.05) is 30.9 Å². The van der Waals surface area contributed by atoms with Gasteiger partial charge in [0.1, 0.15) is 0 Å². The quantitative estimate of drug-likeness (QED) is 0.694. The van der Waals surface area contributed by atoms with Gasteiger partial charge in [0.05, 0.1) is 6.54 Å². The standard InChI is InChI=1S/C18H29N3O2/c1-4-7-17(22)20-16-10-8-15(9-11-16)19-14-18(23)21(12-5-2)13-6-3/h8-11,19H,4-7,12-14H2,1-3H3,(H,20,22). The van der Waals surface area contributed by atoms with E-state index in [1.807, 2.05) is 36.1 Å². The van der Waals surface area contributed by atoms with Crippen LogP contribution in [0.15, 0.2) is 24.3 Å². The van der Waals surface area contributed by atoms with Crippen molar-refractivity contribution in [2.75, 3.05) is 30.3 Å². The van der Waals surface area contributed by atoms with E-state index in [0.29, 0.717) is 13.0 Å². The molecule has 0 spiro atoms. The van der Waals surface area contributed by atoms with Crippen LogP contribution in [0.4, 0.5) is 11.4 Å². The summed E-state index contributed by atoms with van der Waals surface area (Å²) >= 11 is 0. The molecule has 0 heterocycles. The molecule has 5 nitrogen and oxygen atoms in total. The zero-order valence-corrected chi connectivity index (χ0v) is 14.5. The van der Waals surface area contributed by atoms with Gasteiger partial charge in [-0.3, -0.25) is 9.59 Å². The van der Waals surface area contributed by atoms with Crippen LogP contribution in [0.1, 0.15) is 46.5 Å². The highest BCUT2D eigenvalue weighted by Gasteiger charge is 2.11. The van der Waals surface area contributed by atoms with Gasteiger partial charge in [-0.25, -0.2) is 0 Å². The summed E-state index contributed by atoms with van der Waals surface area (Å²) in [5.41, 5.74) is 1.65. The van der Waals surface area contributed by atoms with E-state index in [9.17, 15) is 9.59 Å². The summed E-state index contributed by atoms with van der Waals surface area (Å²) in [6.45, 7) is 8.03. The molecule has 0 radical (unpaired) electrons. The van der Waals surface area contributed by atoms with Gasteiger partial charge in [0.2, 0.25) is 11.8 Å². The van der Waals surface area contributed by atoms with E-state index in [0.717, 1.165) is 43.7 Å². The third kappa shape index (κ3) is 7.17. The summed E-state index contributed by atoms with van der Waals surface area (Å²) in [5, 5.41) is 5.99. The Morgan fingerprint density at radius 1 is 0.913 bits per heavy atom. The molecular formula is C18H29N3O2. The first-order chi connectivity index (χ1) is 11.1. The monoisotopic (exact) mass is 319 g/mol. The van der Waals surface area contributed by atoms with Gasteiger partial charge in [0.25, 0.3) is 0 Å². The number of carbonyl (C=O) groups is 2. The molecule has 0 aromatic heterocycles. The van der Waals surface area contributed by atoms with Gasteiger partial charge in [0.15, 0.2) is 0 Å². The van der Waals surface area contributed by atoms with Crippen molar-refractivity contribution in [1.82, 2.24) is 4.90 Å². The molecule has 0 fully saturated rings. The Balaban J connectivity index is 2.48. The molecule has 0 aliphatic carbocycles. The Bertz CT molecular complexity index is 480. The summed E-state index contributed by atoms with van der Waals surface area (Å²) in [5.74, 6) is 0.146. The van der Waals surface area contributed by atoms with Crippen molar-refractivity contribution in [3.05, 3.63) is 24.3 Å². The van der Waals surface area contributed by atoms with Crippen molar-refractivity contribution in [1.29, 1.82) is 0 Å². The second-order valence-corrected chi connectivity index (χ2v) is 5.61. The second-order valence-electron chi connectivity index (χ2n) is 5.61. The number of hydrogen-bond acceptors (Lipinski definition) is 3. The van der Waals surface area contributed by atoms with Crippen LogP contribution in [-0.4, -0.2) is 36.3 Å². The lowest BCUT2D eigenvalue weighted by molar-refractivity contribution is -0.129. The lowest BCUT2D eigenvalue weighted by atomic mass is 10.2. The molecule has 0 unspecified atom stereocenters. The first kappa shape index (κ1) is 19.0. The minimum Gasteiger partial charge on any atom is -0.376 e. The third-order valence-corrected chi connectivity index (χ3v) is 3.43. The fourth-order valence-corrected chi connectivity index (χ4v) is 2.31. The van der Waals surface area contributed by atoms with E-state index in [4.69, 9.17) is 0 Å². The van der Waals surface area contributed by atoms with Crippen molar-refractivity contribution in [2.24, 2.45) is 0 Å². The van der Waals surface area contributed by atoms with Gasteiger partial charge in [-0.1, -0.05) is 20.8 Å². The molecule has 0 atom stereocenters. The molecule has 0 bridgehead atoms. The van der Waals surface area contributed by atoms with Crippen molar-refractivity contribution in [3.8, 4) is 0 Å². The van der Waals surface area contributed by atoms with Gasteiger partial charge >= 0.3 is 0 Å². The predicted molar refractivity (Wildman–Crippen MR) is 95.6 cm³/mol. The van der Waals surface area contributed by atoms with Crippen LogP contribution in [0.5, 0.6) is 0 Å². The molecule has 0 saturated heterocycles. The van der Waals surface area contributed by atoms with E-state index in [1.165, 1.54) is 0 Å². The third-order valence-electron chi connectivity index (χ3n) is 3.43. The first-order valence-electron chi connectivity index (χ1n) is 8.52. The fraction of sp³-hybridized carbons (Fsp3) is 0.556. The van der Waals surface area contributed by atoms with Crippen LogP contribution in [-0.2, 0) is 9.59 Å². The number of amides is 2. The zero-order chi connectivity index (χ0) is 17.1. The van der Waals surface area contributed by atoms with Crippen LogP contribution in [0.3, 0.4) is 0 Å². The molecule has 128 valence electrons. The van der Waals surface area contributed by atoms with Crippen LogP contribution in [0.25, 0.3) is 0 Å². The molecule has 0 saturated carbocycles. The first-order valence-corrected chi connectivity index (χ1v) is 8.52. The lowest BCUT2D eigenvalue weighted by Gasteiger charge is -2.21. The Hall–Kier alpha value is -2.04. The maximum atomic E-state index is 12.2. The number of benzene rings is 1. The Labute approximate surface area is 139 Å². The van der Waals surface area contributed by atoms with Crippen LogP contribution < -0.4 is 10.6 Å². The van der Waals surface area contributed by atoms with Crippen molar-refractivity contribution in [2.45, 2.75) is 46.5 Å². The van der Waals surface area contributed by atoms with Crippen LogP contribution in [0, 0.1) is 0 Å². The topological polar surface area (TPSA) is 61.4 Å². The molecule has 1 aromatic carbocycles. The van der Waals surface area contributed by atoms with Gasteiger partial charge in [-0.05, 0) is 43.5 Å². The van der Waals surface area contributed by atoms with E-state index < -0.39 is 0 Å².